The average molecular weight is 196 g/mol. The summed E-state index contributed by atoms with van der Waals surface area (Å²) in [7, 11) is 0. The van der Waals surface area contributed by atoms with Crippen molar-refractivity contribution in [3.8, 4) is 0 Å². The highest BCUT2D eigenvalue weighted by Gasteiger charge is 2.04. The lowest BCUT2D eigenvalue weighted by atomic mass is 10.0. The van der Waals surface area contributed by atoms with E-state index in [1.54, 1.807) is 18.2 Å². The minimum absolute atomic E-state index is 0.000431. The maximum atomic E-state index is 12.5. The third kappa shape index (κ3) is 2.55. The molecule has 0 saturated carbocycles. The van der Waals surface area contributed by atoms with Crippen molar-refractivity contribution < 1.29 is 14.3 Å². The number of carboxylic acids is 1. The van der Waals surface area contributed by atoms with Gasteiger partial charge in [-0.15, -0.1) is 0 Å². The van der Waals surface area contributed by atoms with E-state index >= 15 is 0 Å². The average Bonchev–Trinajstić information content (AvgIpc) is 2.16. The number of hydrogen-bond acceptors (Lipinski definition) is 1. The number of hydrogen-bond donors (Lipinski definition) is 1. The van der Waals surface area contributed by atoms with E-state index in [2.05, 4.69) is 0 Å². The molecule has 0 aliphatic carbocycles. The van der Waals surface area contributed by atoms with E-state index in [1.807, 2.05) is 6.92 Å². The van der Waals surface area contributed by atoms with Crippen molar-refractivity contribution in [1.29, 1.82) is 0 Å². The Morgan fingerprint density at radius 2 is 2.14 bits per heavy atom. The molecule has 2 nitrogen and oxygen atoms in total. The fraction of sp³-hybridized carbons (Fsp3) is 0.364. The number of carbonyl (C=O) groups is 1. The monoisotopic (exact) mass is 196 g/mol. The van der Waals surface area contributed by atoms with Crippen LogP contribution < -0.4 is 0 Å². The summed E-state index contributed by atoms with van der Waals surface area (Å²) in [6.45, 7) is 1.44. The van der Waals surface area contributed by atoms with E-state index in [0.29, 0.717) is 5.56 Å². The van der Waals surface area contributed by atoms with Gasteiger partial charge in [-0.2, -0.15) is 0 Å². The number of alkyl halides is 1. The Kier molecular flexibility index (Phi) is 3.63. The number of rotatable bonds is 4. The number of aryl methyl sites for hydroxylation is 1. The van der Waals surface area contributed by atoms with Crippen molar-refractivity contribution >= 4 is 5.97 Å². The van der Waals surface area contributed by atoms with Crippen LogP contribution in [0, 0.1) is 0 Å². The van der Waals surface area contributed by atoms with Crippen LogP contribution in [0.4, 0.5) is 4.39 Å². The molecular formula is C11H13FO2. The topological polar surface area (TPSA) is 37.3 Å². The normalized spacial score (nSPS) is 10.1. The van der Waals surface area contributed by atoms with E-state index in [1.165, 1.54) is 0 Å². The van der Waals surface area contributed by atoms with Crippen molar-refractivity contribution in [2.75, 3.05) is 0 Å². The first kappa shape index (κ1) is 10.7. The highest BCUT2D eigenvalue weighted by Crippen LogP contribution is 2.14. The lowest BCUT2D eigenvalue weighted by molar-refractivity contribution is -0.136. The van der Waals surface area contributed by atoms with E-state index < -0.39 is 12.6 Å². The maximum Gasteiger partial charge on any atom is 0.307 e. The minimum Gasteiger partial charge on any atom is -0.481 e. The highest BCUT2D eigenvalue weighted by atomic mass is 19.1. The molecule has 0 radical (unpaired) electrons. The number of halogens is 1. The molecule has 0 spiro atoms. The predicted molar refractivity (Wildman–Crippen MR) is 52.0 cm³/mol. The minimum atomic E-state index is -0.861. The second-order valence-electron chi connectivity index (χ2n) is 3.16. The molecule has 0 unspecified atom stereocenters. The summed E-state index contributed by atoms with van der Waals surface area (Å²) in [6, 6.07) is 5.10. The Morgan fingerprint density at radius 1 is 1.43 bits per heavy atom. The van der Waals surface area contributed by atoms with Crippen LogP contribution in [0.25, 0.3) is 0 Å². The summed E-state index contributed by atoms with van der Waals surface area (Å²) in [6.07, 6.45) is 0.728. The van der Waals surface area contributed by atoms with Crippen LogP contribution in [0.5, 0.6) is 0 Å². The summed E-state index contributed by atoms with van der Waals surface area (Å²) in [5.41, 5.74) is 2.28. The van der Waals surface area contributed by atoms with Crippen LogP contribution in [-0.4, -0.2) is 11.1 Å². The number of benzene rings is 1. The lowest BCUT2D eigenvalue weighted by Gasteiger charge is -2.06. The molecule has 0 aliphatic rings. The van der Waals surface area contributed by atoms with Gasteiger partial charge in [0.1, 0.15) is 6.67 Å². The van der Waals surface area contributed by atoms with Crippen molar-refractivity contribution in [2.45, 2.75) is 26.4 Å². The van der Waals surface area contributed by atoms with Gasteiger partial charge < -0.3 is 5.11 Å². The predicted octanol–water partition coefficient (Wildman–Crippen LogP) is 2.35. The largest absolute Gasteiger partial charge is 0.481 e. The Morgan fingerprint density at radius 3 is 2.64 bits per heavy atom. The molecule has 0 bridgehead atoms. The molecule has 0 saturated heterocycles. The van der Waals surface area contributed by atoms with Gasteiger partial charge in [0.25, 0.3) is 0 Å². The van der Waals surface area contributed by atoms with Gasteiger partial charge in [-0.05, 0) is 23.1 Å². The smallest absolute Gasteiger partial charge is 0.307 e. The molecule has 0 aromatic heterocycles. The van der Waals surface area contributed by atoms with Gasteiger partial charge in [-0.1, -0.05) is 25.1 Å². The highest BCUT2D eigenvalue weighted by molar-refractivity contribution is 5.70. The number of aliphatic carboxylic acids is 1. The molecule has 1 aromatic carbocycles. The molecule has 1 N–H and O–H groups in total. The van der Waals surface area contributed by atoms with Crippen LogP contribution in [0.1, 0.15) is 23.6 Å². The zero-order chi connectivity index (χ0) is 10.6. The van der Waals surface area contributed by atoms with Crippen LogP contribution in [-0.2, 0) is 24.3 Å². The van der Waals surface area contributed by atoms with E-state index in [-0.39, 0.29) is 6.42 Å². The quantitative estimate of drug-likeness (QED) is 0.802. The van der Waals surface area contributed by atoms with Crippen LogP contribution in [0.15, 0.2) is 18.2 Å². The molecular weight excluding hydrogens is 183 g/mol. The SMILES string of the molecule is CCc1cc(CC(=O)O)ccc1CF. The first-order valence-corrected chi connectivity index (χ1v) is 4.55. The Bertz CT molecular complexity index is 334. The summed E-state index contributed by atoms with van der Waals surface area (Å²) < 4.78 is 12.5. The van der Waals surface area contributed by atoms with Gasteiger partial charge in [0.2, 0.25) is 0 Å². The summed E-state index contributed by atoms with van der Waals surface area (Å²) in [4.78, 5) is 10.4. The van der Waals surface area contributed by atoms with Gasteiger partial charge in [0, 0.05) is 0 Å². The van der Waals surface area contributed by atoms with Crippen LogP contribution in [0.3, 0.4) is 0 Å². The maximum absolute atomic E-state index is 12.5. The van der Waals surface area contributed by atoms with Crippen LogP contribution in [0.2, 0.25) is 0 Å². The van der Waals surface area contributed by atoms with Gasteiger partial charge in [-0.25, -0.2) is 4.39 Å². The van der Waals surface area contributed by atoms with E-state index in [0.717, 1.165) is 17.5 Å². The van der Waals surface area contributed by atoms with Crippen LogP contribution >= 0.6 is 0 Å². The van der Waals surface area contributed by atoms with Gasteiger partial charge in [0.05, 0.1) is 6.42 Å². The Hall–Kier alpha value is -1.38. The molecule has 76 valence electrons. The van der Waals surface area contributed by atoms with Crippen molar-refractivity contribution in [3.05, 3.63) is 34.9 Å². The fourth-order valence-corrected chi connectivity index (χ4v) is 1.42. The van der Waals surface area contributed by atoms with Crippen molar-refractivity contribution in [3.63, 3.8) is 0 Å². The molecule has 1 rings (SSSR count). The third-order valence-corrected chi connectivity index (χ3v) is 2.15. The van der Waals surface area contributed by atoms with Crippen molar-refractivity contribution in [2.24, 2.45) is 0 Å². The van der Waals surface area contributed by atoms with Gasteiger partial charge in [0.15, 0.2) is 0 Å². The zero-order valence-electron chi connectivity index (χ0n) is 8.09. The summed E-state index contributed by atoms with van der Waals surface area (Å²) in [5, 5.41) is 8.58. The molecule has 0 amide bonds. The third-order valence-electron chi connectivity index (χ3n) is 2.15. The zero-order valence-corrected chi connectivity index (χ0v) is 8.09. The molecule has 0 fully saturated rings. The Labute approximate surface area is 82.4 Å². The molecule has 3 heteroatoms. The van der Waals surface area contributed by atoms with Gasteiger partial charge in [-0.3, -0.25) is 4.79 Å². The van der Waals surface area contributed by atoms with Gasteiger partial charge >= 0.3 is 5.97 Å². The molecule has 0 heterocycles. The van der Waals surface area contributed by atoms with Crippen molar-refractivity contribution in [1.82, 2.24) is 0 Å². The molecule has 0 atom stereocenters. The summed E-state index contributed by atoms with van der Waals surface area (Å²) >= 11 is 0. The standard InChI is InChI=1S/C11H13FO2/c1-2-9-5-8(6-11(13)14)3-4-10(9)7-12/h3-5H,2,6-7H2,1H3,(H,13,14). The first-order chi connectivity index (χ1) is 6.67. The fourth-order valence-electron chi connectivity index (χ4n) is 1.42. The lowest BCUT2D eigenvalue weighted by Crippen LogP contribution is -2.01. The second kappa shape index (κ2) is 4.74. The van der Waals surface area contributed by atoms with E-state index in [4.69, 9.17) is 5.11 Å². The molecule has 1 aromatic rings. The first-order valence-electron chi connectivity index (χ1n) is 4.55. The van der Waals surface area contributed by atoms with E-state index in [9.17, 15) is 9.18 Å². The second-order valence-corrected chi connectivity index (χ2v) is 3.16. The Balaban J connectivity index is 2.95. The molecule has 0 aliphatic heterocycles. The number of carboxylic acid groups (broad SMARTS) is 1. The summed E-state index contributed by atoms with van der Waals surface area (Å²) in [5.74, 6) is -0.861. The molecule has 14 heavy (non-hydrogen) atoms.